The highest BCUT2D eigenvalue weighted by atomic mass is 127. The summed E-state index contributed by atoms with van der Waals surface area (Å²) in [4.78, 5) is 32.1. The molecule has 38 heavy (non-hydrogen) atoms. The summed E-state index contributed by atoms with van der Waals surface area (Å²) < 4.78 is 26.0. The van der Waals surface area contributed by atoms with Crippen LogP contribution in [0.15, 0.2) is 51.4 Å². The number of nitrogens with zero attached hydrogens (tertiary/aromatic N) is 2. The van der Waals surface area contributed by atoms with E-state index in [1.807, 2.05) is 31.2 Å². The maximum atomic E-state index is 13.9. The first-order valence-electron chi connectivity index (χ1n) is 11.8. The van der Waals surface area contributed by atoms with E-state index in [1.165, 1.54) is 11.3 Å². The molecule has 1 atom stereocenters. The van der Waals surface area contributed by atoms with Crippen molar-refractivity contribution in [3.05, 3.63) is 79.6 Å². The second-order valence-electron chi connectivity index (χ2n) is 8.16. The summed E-state index contributed by atoms with van der Waals surface area (Å²) >= 11 is 5.76. The van der Waals surface area contributed by atoms with Gasteiger partial charge in [0.15, 0.2) is 16.3 Å². The van der Waals surface area contributed by atoms with Crippen LogP contribution in [-0.4, -0.2) is 38.0 Å². The number of methoxy groups -OCH3 is 2. The summed E-state index contributed by atoms with van der Waals surface area (Å²) in [5, 5.41) is 0. The van der Waals surface area contributed by atoms with Crippen molar-refractivity contribution >= 4 is 68.6 Å². The fourth-order valence-corrected chi connectivity index (χ4v) is 7.40. The molecule has 8 nitrogen and oxygen atoms in total. The predicted octanol–water partition coefficient (Wildman–Crippen LogP) is 4.42. The Kier molecular flexibility index (Phi) is 9.19. The monoisotopic (exact) mass is 760 g/mol. The first-order chi connectivity index (χ1) is 18.2. The molecule has 200 valence electrons. The van der Waals surface area contributed by atoms with E-state index in [4.69, 9.17) is 18.9 Å². The van der Waals surface area contributed by atoms with Crippen molar-refractivity contribution in [1.82, 2.24) is 4.57 Å². The van der Waals surface area contributed by atoms with Gasteiger partial charge in [-0.15, -0.1) is 0 Å². The quantitative estimate of drug-likeness (QED) is 0.250. The third kappa shape index (κ3) is 5.50. The second-order valence-corrected chi connectivity index (χ2v) is 11.5. The minimum Gasteiger partial charge on any atom is -0.493 e. The number of halogens is 2. The summed E-state index contributed by atoms with van der Waals surface area (Å²) in [6.07, 6.45) is 1.85. The van der Waals surface area contributed by atoms with E-state index in [1.54, 1.807) is 44.8 Å². The van der Waals surface area contributed by atoms with Crippen LogP contribution >= 0.6 is 56.5 Å². The van der Waals surface area contributed by atoms with Crippen LogP contribution in [0, 0.1) is 7.14 Å². The maximum Gasteiger partial charge on any atom is 0.338 e. The Morgan fingerprint density at radius 2 is 1.76 bits per heavy atom. The highest BCUT2D eigenvalue weighted by molar-refractivity contribution is 14.1. The lowest BCUT2D eigenvalue weighted by atomic mass is 9.95. The molecule has 0 saturated carbocycles. The number of hydrogen-bond donors (Lipinski definition) is 0. The number of thiazole rings is 1. The van der Waals surface area contributed by atoms with E-state index < -0.39 is 12.0 Å². The van der Waals surface area contributed by atoms with E-state index >= 15 is 0 Å². The summed E-state index contributed by atoms with van der Waals surface area (Å²) in [5.41, 5.74) is 2.11. The van der Waals surface area contributed by atoms with Gasteiger partial charge in [0.2, 0.25) is 0 Å². The largest absolute Gasteiger partial charge is 0.493 e. The molecular weight excluding hydrogens is 734 g/mol. The Labute approximate surface area is 251 Å². The summed E-state index contributed by atoms with van der Waals surface area (Å²) in [6, 6.07) is 8.56. The highest BCUT2D eigenvalue weighted by Crippen LogP contribution is 2.36. The van der Waals surface area contributed by atoms with E-state index in [0.29, 0.717) is 44.3 Å². The van der Waals surface area contributed by atoms with Gasteiger partial charge >= 0.3 is 5.97 Å². The zero-order valence-electron chi connectivity index (χ0n) is 21.5. The Hall–Kier alpha value is -2.39. The number of carbonyl (C=O) groups is 1. The molecule has 0 spiro atoms. The first-order valence-corrected chi connectivity index (χ1v) is 14.7. The molecule has 0 radical (unpaired) electrons. The minimum atomic E-state index is -0.743. The second kappa shape index (κ2) is 12.2. The summed E-state index contributed by atoms with van der Waals surface area (Å²) in [6.45, 7) is 6.22. The van der Waals surface area contributed by atoms with Crippen LogP contribution in [0.1, 0.15) is 37.9 Å². The zero-order chi connectivity index (χ0) is 27.6. The van der Waals surface area contributed by atoms with Gasteiger partial charge in [0.25, 0.3) is 5.56 Å². The van der Waals surface area contributed by atoms with Crippen LogP contribution in [0.4, 0.5) is 0 Å². The lowest BCUT2D eigenvalue weighted by molar-refractivity contribution is -0.139. The molecule has 0 bridgehead atoms. The molecule has 3 aromatic rings. The number of esters is 1. The molecule has 1 aliphatic rings. The van der Waals surface area contributed by atoms with Crippen molar-refractivity contribution in [2.75, 3.05) is 27.4 Å². The molecule has 0 unspecified atom stereocenters. The molecule has 11 heteroatoms. The third-order valence-electron chi connectivity index (χ3n) is 5.85. The number of benzene rings is 2. The predicted molar refractivity (Wildman–Crippen MR) is 163 cm³/mol. The first kappa shape index (κ1) is 28.6. The fraction of sp³-hybridized carbons (Fsp3) is 0.296. The number of ether oxygens (including phenoxy) is 4. The van der Waals surface area contributed by atoms with Gasteiger partial charge < -0.3 is 18.9 Å². The molecule has 0 N–H and O–H groups in total. The Morgan fingerprint density at radius 3 is 2.37 bits per heavy atom. The van der Waals surface area contributed by atoms with Gasteiger partial charge in [0, 0.05) is 0 Å². The van der Waals surface area contributed by atoms with Gasteiger partial charge in [-0.25, -0.2) is 9.79 Å². The van der Waals surface area contributed by atoms with Crippen LogP contribution in [0.2, 0.25) is 0 Å². The number of allylic oxidation sites excluding steroid dienone is 1. The van der Waals surface area contributed by atoms with Crippen molar-refractivity contribution < 1.29 is 23.7 Å². The Bertz CT molecular complexity index is 1590. The molecule has 2 heterocycles. The van der Waals surface area contributed by atoms with Crippen LogP contribution < -0.4 is 29.1 Å². The Balaban J connectivity index is 1.94. The number of rotatable bonds is 8. The summed E-state index contributed by atoms with van der Waals surface area (Å²) in [7, 11) is 3.10. The lowest BCUT2D eigenvalue weighted by Gasteiger charge is -2.25. The molecule has 2 aromatic carbocycles. The van der Waals surface area contributed by atoms with Crippen molar-refractivity contribution in [2.24, 2.45) is 4.99 Å². The number of carbonyl (C=O) groups excluding carboxylic acids is 1. The van der Waals surface area contributed by atoms with E-state index in [2.05, 4.69) is 50.2 Å². The molecule has 0 aliphatic carbocycles. The van der Waals surface area contributed by atoms with Gasteiger partial charge in [-0.2, -0.15) is 0 Å². The highest BCUT2D eigenvalue weighted by Gasteiger charge is 2.34. The SMILES string of the molecule is CCOC(=O)C1=C(C)N=c2s/c(=C\c3cc(I)c(OCC)c(I)c3)c(=O)n2[C@H]1c1ccc(OC)c(OC)c1. The van der Waals surface area contributed by atoms with Crippen molar-refractivity contribution in [1.29, 1.82) is 0 Å². The lowest BCUT2D eigenvalue weighted by Crippen LogP contribution is -2.40. The average molecular weight is 760 g/mol. The number of hydrogen-bond acceptors (Lipinski definition) is 8. The number of fused-ring (bicyclic) bond motifs is 1. The molecule has 0 saturated heterocycles. The maximum absolute atomic E-state index is 13.9. The molecule has 0 amide bonds. The molecule has 4 rings (SSSR count). The zero-order valence-corrected chi connectivity index (χ0v) is 26.6. The normalized spacial score (nSPS) is 15.1. The molecule has 1 aliphatic heterocycles. The third-order valence-corrected chi connectivity index (χ3v) is 8.43. The fourth-order valence-electron chi connectivity index (χ4n) is 4.23. The van der Waals surface area contributed by atoms with Crippen LogP contribution in [-0.2, 0) is 9.53 Å². The van der Waals surface area contributed by atoms with Crippen molar-refractivity contribution in [2.45, 2.75) is 26.8 Å². The molecule has 0 fully saturated rings. The molecule has 1 aromatic heterocycles. The van der Waals surface area contributed by atoms with Crippen molar-refractivity contribution in [3.63, 3.8) is 0 Å². The van der Waals surface area contributed by atoms with Gasteiger partial charge in [0.1, 0.15) is 5.75 Å². The van der Waals surface area contributed by atoms with Crippen molar-refractivity contribution in [3.8, 4) is 17.2 Å². The molecular formula is C27H26I2N2O6S. The topological polar surface area (TPSA) is 88.4 Å². The summed E-state index contributed by atoms with van der Waals surface area (Å²) in [5.74, 6) is 1.35. The van der Waals surface area contributed by atoms with E-state index in [0.717, 1.165) is 18.5 Å². The van der Waals surface area contributed by atoms with Gasteiger partial charge in [-0.05, 0) is 107 Å². The average Bonchev–Trinajstić information content (AvgIpc) is 3.19. The standard InChI is InChI=1S/C27H26I2N2O6S/c1-6-36-24-17(28)10-15(11-18(24)29)12-21-25(32)31-23(16-8-9-19(34-4)20(13-16)35-5)22(26(33)37-7-2)14(3)30-27(31)38-21/h8-13,23H,6-7H2,1-5H3/b21-12-/t23-/m0/s1. The smallest absolute Gasteiger partial charge is 0.338 e. The van der Waals surface area contributed by atoms with E-state index in [-0.39, 0.29) is 12.2 Å². The van der Waals surface area contributed by atoms with Gasteiger partial charge in [0.05, 0.1) is 56.4 Å². The van der Waals surface area contributed by atoms with Gasteiger partial charge in [-0.3, -0.25) is 9.36 Å². The Morgan fingerprint density at radius 1 is 1.08 bits per heavy atom. The van der Waals surface area contributed by atoms with Gasteiger partial charge in [-0.1, -0.05) is 17.4 Å². The number of aromatic nitrogens is 1. The van der Waals surface area contributed by atoms with E-state index in [9.17, 15) is 9.59 Å². The van der Waals surface area contributed by atoms with Crippen LogP contribution in [0.25, 0.3) is 6.08 Å². The van der Waals surface area contributed by atoms with Crippen LogP contribution in [0.3, 0.4) is 0 Å². The minimum absolute atomic E-state index is 0.202. The van der Waals surface area contributed by atoms with Crippen LogP contribution in [0.5, 0.6) is 17.2 Å².